The van der Waals surface area contributed by atoms with E-state index in [1.165, 1.54) is 22.3 Å². The van der Waals surface area contributed by atoms with E-state index in [2.05, 4.69) is 67.7 Å². The standard InChI is InChI=1S/C21H25NO/c1-4-16-15-17-9-5-7-11-19(17)21(2,22-13-14-23-3)20-12-8-6-10-18(16)20/h5-14,16,22H,4,15H2,1-3H3/b14-13+/t16-,21+/m1/s1. The molecule has 0 fully saturated rings. The van der Waals surface area contributed by atoms with Crippen LogP contribution in [-0.2, 0) is 16.7 Å². The van der Waals surface area contributed by atoms with Crippen LogP contribution in [0.1, 0.15) is 48.4 Å². The summed E-state index contributed by atoms with van der Waals surface area (Å²) in [6, 6.07) is 17.6. The fourth-order valence-electron chi connectivity index (χ4n) is 3.80. The van der Waals surface area contributed by atoms with Crippen molar-refractivity contribution in [3.05, 3.63) is 83.2 Å². The van der Waals surface area contributed by atoms with Crippen LogP contribution >= 0.6 is 0 Å². The Bertz CT molecular complexity index is 706. The maximum Gasteiger partial charge on any atom is 0.0981 e. The second-order valence-electron chi connectivity index (χ2n) is 6.36. The normalized spacial score (nSPS) is 23.0. The van der Waals surface area contributed by atoms with Crippen LogP contribution in [-0.4, -0.2) is 7.11 Å². The molecule has 23 heavy (non-hydrogen) atoms. The zero-order valence-corrected chi connectivity index (χ0v) is 14.2. The molecule has 0 saturated heterocycles. The van der Waals surface area contributed by atoms with Crippen LogP contribution in [0, 0.1) is 0 Å². The molecule has 0 spiro atoms. The van der Waals surface area contributed by atoms with Gasteiger partial charge in [0.1, 0.15) is 0 Å². The Morgan fingerprint density at radius 3 is 2.57 bits per heavy atom. The summed E-state index contributed by atoms with van der Waals surface area (Å²) in [5.74, 6) is 0.558. The largest absolute Gasteiger partial charge is 0.503 e. The Morgan fingerprint density at radius 2 is 1.83 bits per heavy atom. The number of ether oxygens (including phenoxy) is 1. The van der Waals surface area contributed by atoms with E-state index in [0.717, 1.165) is 12.8 Å². The van der Waals surface area contributed by atoms with E-state index in [-0.39, 0.29) is 5.54 Å². The highest BCUT2D eigenvalue weighted by Crippen LogP contribution is 2.42. The fourth-order valence-corrected chi connectivity index (χ4v) is 3.80. The van der Waals surface area contributed by atoms with Crippen molar-refractivity contribution in [1.29, 1.82) is 0 Å². The zero-order chi connectivity index (χ0) is 16.3. The predicted octanol–water partition coefficient (Wildman–Crippen LogP) is 4.71. The first kappa shape index (κ1) is 15.7. The molecule has 0 aromatic heterocycles. The monoisotopic (exact) mass is 307 g/mol. The lowest BCUT2D eigenvalue weighted by molar-refractivity contribution is 0.332. The Balaban J connectivity index is 2.22. The molecular weight excluding hydrogens is 282 g/mol. The second-order valence-corrected chi connectivity index (χ2v) is 6.36. The summed E-state index contributed by atoms with van der Waals surface area (Å²) in [4.78, 5) is 0. The van der Waals surface area contributed by atoms with Gasteiger partial charge in [-0.15, -0.1) is 0 Å². The SMILES string of the molecule is CC[C@@H]1Cc2ccccc2[C@](C)(N/C=C/OC)c2ccccc21. The van der Waals surface area contributed by atoms with Crippen molar-refractivity contribution in [2.24, 2.45) is 0 Å². The van der Waals surface area contributed by atoms with Crippen molar-refractivity contribution in [3.8, 4) is 0 Å². The van der Waals surface area contributed by atoms with Gasteiger partial charge in [-0.1, -0.05) is 55.5 Å². The van der Waals surface area contributed by atoms with E-state index in [4.69, 9.17) is 4.74 Å². The third kappa shape index (κ3) is 2.74. The van der Waals surface area contributed by atoms with Gasteiger partial charge in [0.15, 0.2) is 0 Å². The van der Waals surface area contributed by atoms with E-state index >= 15 is 0 Å². The summed E-state index contributed by atoms with van der Waals surface area (Å²) in [6.07, 6.45) is 5.84. The number of methoxy groups -OCH3 is 1. The van der Waals surface area contributed by atoms with Gasteiger partial charge in [-0.3, -0.25) is 0 Å². The first-order valence-electron chi connectivity index (χ1n) is 8.34. The molecule has 0 unspecified atom stereocenters. The van der Waals surface area contributed by atoms with Crippen LogP contribution in [0.2, 0.25) is 0 Å². The molecule has 0 bridgehead atoms. The highest BCUT2D eigenvalue weighted by molar-refractivity contribution is 5.50. The number of hydrogen-bond acceptors (Lipinski definition) is 2. The highest BCUT2D eigenvalue weighted by atomic mass is 16.5. The maximum absolute atomic E-state index is 5.08. The molecular formula is C21H25NO. The average molecular weight is 307 g/mol. The van der Waals surface area contributed by atoms with Crippen molar-refractivity contribution in [3.63, 3.8) is 0 Å². The lowest BCUT2D eigenvalue weighted by Crippen LogP contribution is -2.38. The third-order valence-corrected chi connectivity index (χ3v) is 5.03. The molecule has 2 atom stereocenters. The topological polar surface area (TPSA) is 21.3 Å². The van der Waals surface area contributed by atoms with E-state index in [0.29, 0.717) is 5.92 Å². The average Bonchev–Trinajstić information content (AvgIpc) is 2.69. The zero-order valence-electron chi connectivity index (χ0n) is 14.2. The molecule has 1 aliphatic carbocycles. The lowest BCUT2D eigenvalue weighted by Gasteiger charge is -2.33. The first-order valence-corrected chi connectivity index (χ1v) is 8.34. The molecule has 1 N–H and O–H groups in total. The fraction of sp³-hybridized carbons (Fsp3) is 0.333. The predicted molar refractivity (Wildman–Crippen MR) is 95.4 cm³/mol. The van der Waals surface area contributed by atoms with Gasteiger partial charge in [-0.05, 0) is 47.9 Å². The van der Waals surface area contributed by atoms with Gasteiger partial charge in [-0.25, -0.2) is 0 Å². The smallest absolute Gasteiger partial charge is 0.0981 e. The number of benzene rings is 2. The van der Waals surface area contributed by atoms with Crippen LogP contribution in [0.5, 0.6) is 0 Å². The van der Waals surface area contributed by atoms with Gasteiger partial charge >= 0.3 is 0 Å². The van der Waals surface area contributed by atoms with E-state index in [1.807, 2.05) is 6.20 Å². The van der Waals surface area contributed by atoms with E-state index in [1.54, 1.807) is 13.4 Å². The molecule has 2 aromatic carbocycles. The first-order chi connectivity index (χ1) is 11.2. The minimum Gasteiger partial charge on any atom is -0.503 e. The van der Waals surface area contributed by atoms with Crippen molar-refractivity contribution in [1.82, 2.24) is 5.32 Å². The summed E-state index contributed by atoms with van der Waals surface area (Å²) in [6.45, 7) is 4.55. The van der Waals surface area contributed by atoms with E-state index < -0.39 is 0 Å². The maximum atomic E-state index is 5.08. The molecule has 2 heteroatoms. The number of hydrogen-bond donors (Lipinski definition) is 1. The molecule has 0 radical (unpaired) electrons. The number of rotatable bonds is 4. The summed E-state index contributed by atoms with van der Waals surface area (Å²) in [5.41, 5.74) is 5.33. The van der Waals surface area contributed by atoms with Crippen LogP contribution in [0.15, 0.2) is 61.0 Å². The summed E-state index contributed by atoms with van der Waals surface area (Å²) < 4.78 is 5.08. The van der Waals surface area contributed by atoms with E-state index in [9.17, 15) is 0 Å². The molecule has 120 valence electrons. The van der Waals surface area contributed by atoms with Crippen LogP contribution in [0.25, 0.3) is 0 Å². The Kier molecular flexibility index (Phi) is 4.42. The van der Waals surface area contributed by atoms with Gasteiger partial charge in [0.25, 0.3) is 0 Å². The Labute approximate surface area is 139 Å². The van der Waals surface area contributed by atoms with Gasteiger partial charge in [0.05, 0.1) is 18.9 Å². The molecule has 0 heterocycles. The summed E-state index contributed by atoms with van der Waals surface area (Å²) in [7, 11) is 1.67. The molecule has 2 aromatic rings. The molecule has 1 aliphatic rings. The van der Waals surface area contributed by atoms with Gasteiger partial charge < -0.3 is 10.1 Å². The van der Waals surface area contributed by atoms with Crippen molar-refractivity contribution < 1.29 is 4.74 Å². The van der Waals surface area contributed by atoms with Crippen LogP contribution in [0.3, 0.4) is 0 Å². The third-order valence-electron chi connectivity index (χ3n) is 5.03. The Hall–Kier alpha value is -2.22. The molecule has 0 aliphatic heterocycles. The quantitative estimate of drug-likeness (QED) is 0.826. The number of fused-ring (bicyclic) bond motifs is 2. The van der Waals surface area contributed by atoms with Crippen molar-refractivity contribution in [2.45, 2.75) is 38.1 Å². The van der Waals surface area contributed by atoms with Crippen LogP contribution < -0.4 is 5.32 Å². The molecule has 2 nitrogen and oxygen atoms in total. The Morgan fingerprint density at radius 1 is 1.13 bits per heavy atom. The minimum absolute atomic E-state index is 0.258. The molecule has 0 saturated carbocycles. The minimum atomic E-state index is -0.258. The van der Waals surface area contributed by atoms with Crippen molar-refractivity contribution in [2.75, 3.05) is 7.11 Å². The molecule has 0 amide bonds. The summed E-state index contributed by atoms with van der Waals surface area (Å²) in [5, 5.41) is 3.59. The highest BCUT2D eigenvalue weighted by Gasteiger charge is 2.36. The molecule has 3 rings (SSSR count). The number of nitrogens with one attached hydrogen (secondary N) is 1. The second kappa shape index (κ2) is 6.49. The van der Waals surface area contributed by atoms with Gasteiger partial charge in [-0.2, -0.15) is 0 Å². The van der Waals surface area contributed by atoms with Gasteiger partial charge in [0.2, 0.25) is 0 Å². The summed E-state index contributed by atoms with van der Waals surface area (Å²) >= 11 is 0. The lowest BCUT2D eigenvalue weighted by atomic mass is 9.81. The van der Waals surface area contributed by atoms with Crippen LogP contribution in [0.4, 0.5) is 0 Å². The van der Waals surface area contributed by atoms with Gasteiger partial charge in [0, 0.05) is 6.20 Å². The van der Waals surface area contributed by atoms with Crippen molar-refractivity contribution >= 4 is 0 Å².